The number of aryl methyl sites for hydroxylation is 1. The van der Waals surface area contributed by atoms with Gasteiger partial charge in [-0.2, -0.15) is 5.12 Å². The van der Waals surface area contributed by atoms with E-state index in [2.05, 4.69) is 31.5 Å². The lowest BCUT2D eigenvalue weighted by atomic mass is 9.92. The second kappa shape index (κ2) is 8.52. The van der Waals surface area contributed by atoms with Gasteiger partial charge >= 0.3 is 6.03 Å². The lowest BCUT2D eigenvalue weighted by molar-refractivity contribution is 0.0210. The fourth-order valence-electron chi connectivity index (χ4n) is 3.48. The van der Waals surface area contributed by atoms with Gasteiger partial charge in [-0.25, -0.2) is 9.78 Å². The van der Waals surface area contributed by atoms with Gasteiger partial charge in [-0.15, -0.1) is 0 Å². The highest BCUT2D eigenvalue weighted by Crippen LogP contribution is 2.36. The predicted octanol–water partition coefficient (Wildman–Crippen LogP) is 4.42. The Morgan fingerprint density at radius 1 is 1.12 bits per heavy atom. The maximum Gasteiger partial charge on any atom is 0.323 e. The zero-order chi connectivity index (χ0) is 22.9. The Balaban J connectivity index is 1.60. The van der Waals surface area contributed by atoms with Crippen LogP contribution >= 0.6 is 11.6 Å². The van der Waals surface area contributed by atoms with Crippen LogP contribution in [0.25, 0.3) is 10.9 Å². The van der Waals surface area contributed by atoms with Gasteiger partial charge in [0.25, 0.3) is 0 Å². The molecule has 4 N–H and O–H groups in total. The molecule has 166 valence electrons. The van der Waals surface area contributed by atoms with Gasteiger partial charge in [-0.1, -0.05) is 23.2 Å². The maximum absolute atomic E-state index is 12.8. The van der Waals surface area contributed by atoms with Crippen LogP contribution in [0.2, 0.25) is 5.02 Å². The highest BCUT2D eigenvalue weighted by Gasteiger charge is 2.27. The molecule has 0 saturated carbocycles. The number of hydrazine groups is 2. The number of carbonyl (C=O) groups is 1. The number of aromatic nitrogens is 2. The topological polar surface area (TPSA) is 103 Å². The van der Waals surface area contributed by atoms with Crippen LogP contribution in [-0.2, 0) is 10.3 Å². The van der Waals surface area contributed by atoms with Crippen LogP contribution in [0.15, 0.2) is 49.1 Å². The van der Waals surface area contributed by atoms with Gasteiger partial charge in [0.2, 0.25) is 0 Å². The fourth-order valence-corrected chi connectivity index (χ4v) is 3.73. The molecule has 0 spiro atoms. The summed E-state index contributed by atoms with van der Waals surface area (Å²) in [7, 11) is 1.64. The van der Waals surface area contributed by atoms with E-state index in [0.717, 1.165) is 22.0 Å². The van der Waals surface area contributed by atoms with E-state index in [4.69, 9.17) is 16.3 Å². The number of benzene rings is 1. The molecule has 0 aliphatic carbocycles. The smallest absolute Gasteiger partial charge is 0.323 e. The van der Waals surface area contributed by atoms with E-state index < -0.39 is 11.6 Å². The number of halogens is 1. The molecule has 1 aliphatic heterocycles. The highest BCUT2D eigenvalue weighted by atomic mass is 35.5. The number of urea groups is 1. The molecule has 10 heteroatoms. The first-order valence-corrected chi connectivity index (χ1v) is 10.3. The normalized spacial score (nSPS) is 13.1. The van der Waals surface area contributed by atoms with Crippen molar-refractivity contribution in [2.75, 3.05) is 22.9 Å². The monoisotopic (exact) mass is 453 g/mol. The fraction of sp³-hybridized carbons (Fsp3) is 0.227. The second-order valence-corrected chi connectivity index (χ2v) is 8.22. The van der Waals surface area contributed by atoms with E-state index in [-0.39, 0.29) is 0 Å². The number of hydrogen-bond donors (Lipinski definition) is 4. The Morgan fingerprint density at radius 3 is 2.56 bits per heavy atom. The quantitative estimate of drug-likeness (QED) is 0.453. The first-order chi connectivity index (χ1) is 15.3. The zero-order valence-corrected chi connectivity index (χ0v) is 18.9. The second-order valence-electron chi connectivity index (χ2n) is 7.82. The minimum absolute atomic E-state index is 0.357. The SMILES string of the molecule is COC(C)(C)c1c(NC(=O)Nc2cnc(N3NC=CN3)c(Cl)c2)cnc2ccc(C)cc12. The molecule has 0 saturated heterocycles. The van der Waals surface area contributed by atoms with Crippen LogP contribution in [-0.4, -0.2) is 23.1 Å². The van der Waals surface area contributed by atoms with Gasteiger partial charge in [-0.05, 0) is 39.0 Å². The highest BCUT2D eigenvalue weighted by molar-refractivity contribution is 6.33. The maximum atomic E-state index is 12.8. The average molecular weight is 454 g/mol. The van der Waals surface area contributed by atoms with Crippen molar-refractivity contribution in [3.8, 4) is 0 Å². The van der Waals surface area contributed by atoms with Crippen LogP contribution in [0.5, 0.6) is 0 Å². The summed E-state index contributed by atoms with van der Waals surface area (Å²) in [6.07, 6.45) is 6.56. The Labute approximate surface area is 190 Å². The summed E-state index contributed by atoms with van der Waals surface area (Å²) < 4.78 is 5.74. The van der Waals surface area contributed by atoms with Crippen molar-refractivity contribution in [2.24, 2.45) is 0 Å². The standard InChI is InChI=1S/C22H24ClN7O2/c1-13-5-6-17-15(9-13)19(22(2,3)32-4)18(12-24-17)29-21(31)28-14-10-16(23)20(25-11-14)30-26-7-8-27-30/h5-12,26-27H,1-4H3,(H2,28,29,31). The predicted molar refractivity (Wildman–Crippen MR) is 126 cm³/mol. The molecule has 0 atom stereocenters. The van der Waals surface area contributed by atoms with E-state index in [1.165, 1.54) is 6.20 Å². The number of nitrogens with zero attached hydrogens (tertiary/aromatic N) is 3. The number of rotatable bonds is 5. The van der Waals surface area contributed by atoms with Crippen molar-refractivity contribution in [1.29, 1.82) is 0 Å². The summed E-state index contributed by atoms with van der Waals surface area (Å²) in [5.41, 5.74) is 8.95. The van der Waals surface area contributed by atoms with Crippen LogP contribution in [0.1, 0.15) is 25.0 Å². The summed E-state index contributed by atoms with van der Waals surface area (Å²) in [6, 6.07) is 7.17. The summed E-state index contributed by atoms with van der Waals surface area (Å²) >= 11 is 6.33. The van der Waals surface area contributed by atoms with Crippen molar-refractivity contribution in [2.45, 2.75) is 26.4 Å². The number of anilines is 3. The Morgan fingerprint density at radius 2 is 1.88 bits per heavy atom. The van der Waals surface area contributed by atoms with Gasteiger partial charge in [0, 0.05) is 30.5 Å². The molecule has 2 amide bonds. The molecule has 0 fully saturated rings. The van der Waals surface area contributed by atoms with Crippen molar-refractivity contribution in [1.82, 2.24) is 20.8 Å². The molecule has 3 heterocycles. The van der Waals surface area contributed by atoms with Crippen molar-refractivity contribution < 1.29 is 9.53 Å². The minimum Gasteiger partial charge on any atom is -0.374 e. The third kappa shape index (κ3) is 4.25. The van der Waals surface area contributed by atoms with Crippen molar-refractivity contribution in [3.63, 3.8) is 0 Å². The van der Waals surface area contributed by atoms with Gasteiger partial charge in [0.1, 0.15) is 0 Å². The number of amides is 2. The number of fused-ring (bicyclic) bond motifs is 1. The number of pyridine rings is 2. The Kier molecular flexibility index (Phi) is 5.77. The largest absolute Gasteiger partial charge is 0.374 e. The molecule has 4 rings (SSSR count). The van der Waals surface area contributed by atoms with Crippen LogP contribution < -0.4 is 26.6 Å². The zero-order valence-electron chi connectivity index (χ0n) is 18.2. The summed E-state index contributed by atoms with van der Waals surface area (Å²) in [5.74, 6) is 0.473. The molecular weight excluding hydrogens is 430 g/mol. The molecular formula is C22H24ClN7O2. The number of ether oxygens (including phenoxy) is 1. The van der Waals surface area contributed by atoms with E-state index in [0.29, 0.717) is 22.2 Å². The van der Waals surface area contributed by atoms with Gasteiger partial charge in [0.05, 0.1) is 39.9 Å². The number of carbonyl (C=O) groups excluding carboxylic acids is 1. The summed E-state index contributed by atoms with van der Waals surface area (Å²) in [5, 5.41) is 8.48. The molecule has 1 aromatic carbocycles. The molecule has 1 aliphatic rings. The van der Waals surface area contributed by atoms with Gasteiger partial charge < -0.3 is 15.4 Å². The number of hydrogen-bond acceptors (Lipinski definition) is 7. The molecule has 0 unspecified atom stereocenters. The molecule has 9 nitrogen and oxygen atoms in total. The molecule has 0 radical (unpaired) electrons. The Hall–Kier alpha value is -3.56. The van der Waals surface area contributed by atoms with Crippen LogP contribution in [0, 0.1) is 6.92 Å². The molecule has 0 bridgehead atoms. The summed E-state index contributed by atoms with van der Waals surface area (Å²) in [4.78, 5) is 21.6. The lowest BCUT2D eigenvalue weighted by Gasteiger charge is -2.28. The van der Waals surface area contributed by atoms with Crippen molar-refractivity contribution in [3.05, 3.63) is 65.2 Å². The van der Waals surface area contributed by atoms with Crippen molar-refractivity contribution >= 4 is 45.7 Å². The van der Waals surface area contributed by atoms with E-state index >= 15 is 0 Å². The van der Waals surface area contributed by atoms with Gasteiger partial charge in [-0.3, -0.25) is 15.8 Å². The molecule has 2 aromatic heterocycles. The Bertz CT molecular complexity index is 1200. The van der Waals surface area contributed by atoms with Gasteiger partial charge in [0.15, 0.2) is 5.82 Å². The lowest BCUT2D eigenvalue weighted by Crippen LogP contribution is -2.38. The molecule has 32 heavy (non-hydrogen) atoms. The average Bonchev–Trinajstić information content (AvgIpc) is 3.27. The van der Waals surface area contributed by atoms with Crippen LogP contribution in [0.4, 0.5) is 22.0 Å². The molecule has 3 aromatic rings. The number of nitrogens with one attached hydrogen (secondary N) is 4. The van der Waals surface area contributed by atoms with E-state index in [1.54, 1.807) is 36.9 Å². The summed E-state index contributed by atoms with van der Waals surface area (Å²) in [6.45, 7) is 5.91. The number of methoxy groups -OCH3 is 1. The third-order valence-corrected chi connectivity index (χ3v) is 5.44. The van der Waals surface area contributed by atoms with E-state index in [1.807, 2.05) is 39.0 Å². The first kappa shape index (κ1) is 21.7. The first-order valence-electron chi connectivity index (χ1n) is 9.94. The third-order valence-electron chi connectivity index (χ3n) is 5.17. The van der Waals surface area contributed by atoms with E-state index in [9.17, 15) is 4.79 Å². The van der Waals surface area contributed by atoms with Crippen LogP contribution in [0.3, 0.4) is 0 Å². The minimum atomic E-state index is -0.659.